The standard InChI is InChI=1S/C19H22N2O3S/c1-2-15-8-10-18(11-9-15)25(23,24)20-17-7-5-6-16(14-17)19(22)21-12-3-4-13-21/h5-11,14,20H,2-4,12-13H2,1H3. The highest BCUT2D eigenvalue weighted by molar-refractivity contribution is 7.92. The van der Waals surface area contributed by atoms with Crippen LogP contribution >= 0.6 is 0 Å². The first-order chi connectivity index (χ1) is 12.0. The third kappa shape index (κ3) is 4.02. The van der Waals surface area contributed by atoms with E-state index in [2.05, 4.69) is 4.72 Å². The predicted octanol–water partition coefficient (Wildman–Crippen LogP) is 3.29. The van der Waals surface area contributed by atoms with Gasteiger partial charge < -0.3 is 4.90 Å². The summed E-state index contributed by atoms with van der Waals surface area (Å²) < 4.78 is 27.6. The fourth-order valence-corrected chi connectivity index (χ4v) is 3.99. The van der Waals surface area contributed by atoms with Gasteiger partial charge in [-0.05, 0) is 55.2 Å². The lowest BCUT2D eigenvalue weighted by Crippen LogP contribution is -2.27. The van der Waals surface area contributed by atoms with Gasteiger partial charge in [0.15, 0.2) is 0 Å². The maximum atomic E-state index is 12.5. The molecule has 5 nitrogen and oxygen atoms in total. The van der Waals surface area contributed by atoms with E-state index in [1.807, 2.05) is 19.1 Å². The summed E-state index contributed by atoms with van der Waals surface area (Å²) in [5, 5.41) is 0. The van der Waals surface area contributed by atoms with Crippen molar-refractivity contribution < 1.29 is 13.2 Å². The summed E-state index contributed by atoms with van der Waals surface area (Å²) in [6, 6.07) is 13.5. The van der Waals surface area contributed by atoms with E-state index >= 15 is 0 Å². The molecule has 1 saturated heterocycles. The molecule has 2 aromatic carbocycles. The summed E-state index contributed by atoms with van der Waals surface area (Å²) in [4.78, 5) is 14.5. The molecule has 132 valence electrons. The van der Waals surface area contributed by atoms with Gasteiger partial charge in [-0.3, -0.25) is 9.52 Å². The van der Waals surface area contributed by atoms with Crippen LogP contribution in [0.25, 0.3) is 0 Å². The van der Waals surface area contributed by atoms with Crippen LogP contribution in [-0.2, 0) is 16.4 Å². The van der Waals surface area contributed by atoms with Gasteiger partial charge in [-0.2, -0.15) is 0 Å². The molecule has 3 rings (SSSR count). The van der Waals surface area contributed by atoms with Crippen molar-refractivity contribution >= 4 is 21.6 Å². The Hall–Kier alpha value is -2.34. The van der Waals surface area contributed by atoms with Crippen LogP contribution in [0.3, 0.4) is 0 Å². The van der Waals surface area contributed by atoms with Gasteiger partial charge in [-0.25, -0.2) is 8.42 Å². The fourth-order valence-electron chi connectivity index (χ4n) is 2.94. The highest BCUT2D eigenvalue weighted by atomic mass is 32.2. The molecule has 1 amide bonds. The number of hydrogen-bond donors (Lipinski definition) is 1. The fraction of sp³-hybridized carbons (Fsp3) is 0.316. The van der Waals surface area contributed by atoms with Gasteiger partial charge in [0.1, 0.15) is 0 Å². The minimum absolute atomic E-state index is 0.0501. The van der Waals surface area contributed by atoms with E-state index in [0.29, 0.717) is 11.3 Å². The summed E-state index contributed by atoms with van der Waals surface area (Å²) in [6.45, 7) is 3.54. The molecule has 0 bridgehead atoms. The van der Waals surface area contributed by atoms with E-state index in [1.54, 1.807) is 41.3 Å². The molecule has 0 spiro atoms. The SMILES string of the molecule is CCc1ccc(S(=O)(=O)Nc2cccc(C(=O)N3CCCC3)c2)cc1. The molecule has 1 N–H and O–H groups in total. The summed E-state index contributed by atoms with van der Waals surface area (Å²) in [6.07, 6.45) is 2.89. The Labute approximate surface area is 148 Å². The van der Waals surface area contributed by atoms with Crippen LogP contribution in [0.4, 0.5) is 5.69 Å². The number of benzene rings is 2. The first-order valence-corrected chi connectivity index (χ1v) is 9.99. The molecule has 0 radical (unpaired) electrons. The van der Waals surface area contributed by atoms with Crippen LogP contribution < -0.4 is 4.72 Å². The highest BCUT2D eigenvalue weighted by Crippen LogP contribution is 2.20. The van der Waals surface area contributed by atoms with E-state index in [0.717, 1.165) is 37.9 Å². The summed E-state index contributed by atoms with van der Waals surface area (Å²) in [5.41, 5.74) is 1.98. The first kappa shape index (κ1) is 17.5. The Morgan fingerprint density at radius 1 is 1.08 bits per heavy atom. The zero-order chi connectivity index (χ0) is 17.9. The average molecular weight is 358 g/mol. The number of aryl methyl sites for hydroxylation is 1. The Morgan fingerprint density at radius 2 is 1.76 bits per heavy atom. The van der Waals surface area contributed by atoms with Crippen molar-refractivity contribution in [2.24, 2.45) is 0 Å². The van der Waals surface area contributed by atoms with E-state index in [1.165, 1.54) is 0 Å². The number of carbonyl (C=O) groups excluding carboxylic acids is 1. The van der Waals surface area contributed by atoms with E-state index in [4.69, 9.17) is 0 Å². The third-order valence-corrected chi connectivity index (χ3v) is 5.79. The van der Waals surface area contributed by atoms with Gasteiger partial charge in [0.2, 0.25) is 0 Å². The van der Waals surface area contributed by atoms with Crippen LogP contribution in [0.15, 0.2) is 53.4 Å². The number of amides is 1. The molecular formula is C19H22N2O3S. The molecule has 0 atom stereocenters. The molecular weight excluding hydrogens is 336 g/mol. The van der Waals surface area contributed by atoms with Gasteiger partial charge in [0.25, 0.3) is 15.9 Å². The zero-order valence-corrected chi connectivity index (χ0v) is 15.1. The van der Waals surface area contributed by atoms with Crippen molar-refractivity contribution in [3.63, 3.8) is 0 Å². The largest absolute Gasteiger partial charge is 0.339 e. The number of hydrogen-bond acceptors (Lipinski definition) is 3. The molecule has 1 aliphatic rings. The molecule has 0 aromatic heterocycles. The molecule has 0 saturated carbocycles. The minimum Gasteiger partial charge on any atom is -0.339 e. The Morgan fingerprint density at radius 3 is 2.40 bits per heavy atom. The second-order valence-corrected chi connectivity index (χ2v) is 7.87. The molecule has 1 aliphatic heterocycles. The van der Waals surface area contributed by atoms with Crippen molar-refractivity contribution in [3.05, 3.63) is 59.7 Å². The van der Waals surface area contributed by atoms with Crippen LogP contribution in [0.5, 0.6) is 0 Å². The van der Waals surface area contributed by atoms with Crippen molar-refractivity contribution in [3.8, 4) is 0 Å². The number of nitrogens with one attached hydrogen (secondary N) is 1. The van der Waals surface area contributed by atoms with Crippen LogP contribution in [-0.4, -0.2) is 32.3 Å². The summed E-state index contributed by atoms with van der Waals surface area (Å²) >= 11 is 0. The topological polar surface area (TPSA) is 66.5 Å². The lowest BCUT2D eigenvalue weighted by atomic mass is 10.2. The quantitative estimate of drug-likeness (QED) is 0.892. The van der Waals surface area contributed by atoms with Crippen LogP contribution in [0, 0.1) is 0 Å². The molecule has 25 heavy (non-hydrogen) atoms. The van der Waals surface area contributed by atoms with Gasteiger partial charge in [0, 0.05) is 24.3 Å². The van der Waals surface area contributed by atoms with E-state index in [-0.39, 0.29) is 10.8 Å². The third-order valence-electron chi connectivity index (χ3n) is 4.40. The summed E-state index contributed by atoms with van der Waals surface area (Å²) in [7, 11) is -3.67. The number of nitrogens with zero attached hydrogens (tertiary/aromatic N) is 1. The Bertz CT molecular complexity index is 854. The number of likely N-dealkylation sites (tertiary alicyclic amines) is 1. The molecule has 0 aliphatic carbocycles. The maximum Gasteiger partial charge on any atom is 0.261 e. The molecule has 2 aromatic rings. The number of anilines is 1. The normalized spacial score (nSPS) is 14.5. The van der Waals surface area contributed by atoms with Crippen molar-refractivity contribution in [1.82, 2.24) is 4.90 Å². The van der Waals surface area contributed by atoms with Gasteiger partial charge >= 0.3 is 0 Å². The van der Waals surface area contributed by atoms with Crippen LogP contribution in [0.1, 0.15) is 35.7 Å². The number of rotatable bonds is 5. The van der Waals surface area contributed by atoms with Crippen LogP contribution in [0.2, 0.25) is 0 Å². The second-order valence-electron chi connectivity index (χ2n) is 6.18. The molecule has 1 heterocycles. The number of carbonyl (C=O) groups is 1. The molecule has 0 unspecified atom stereocenters. The Kier molecular flexibility index (Phi) is 5.08. The lowest BCUT2D eigenvalue weighted by molar-refractivity contribution is 0.0793. The van der Waals surface area contributed by atoms with E-state index < -0.39 is 10.0 Å². The zero-order valence-electron chi connectivity index (χ0n) is 14.2. The Balaban J connectivity index is 1.79. The number of sulfonamides is 1. The summed E-state index contributed by atoms with van der Waals surface area (Å²) in [5.74, 6) is -0.0501. The maximum absolute atomic E-state index is 12.5. The van der Waals surface area contributed by atoms with Gasteiger partial charge in [-0.1, -0.05) is 25.1 Å². The minimum atomic E-state index is -3.67. The monoisotopic (exact) mass is 358 g/mol. The van der Waals surface area contributed by atoms with Gasteiger partial charge in [-0.15, -0.1) is 0 Å². The van der Waals surface area contributed by atoms with E-state index in [9.17, 15) is 13.2 Å². The molecule has 1 fully saturated rings. The van der Waals surface area contributed by atoms with Crippen molar-refractivity contribution in [1.29, 1.82) is 0 Å². The van der Waals surface area contributed by atoms with Crippen molar-refractivity contribution in [2.45, 2.75) is 31.1 Å². The highest BCUT2D eigenvalue weighted by Gasteiger charge is 2.20. The predicted molar refractivity (Wildman–Crippen MR) is 98.2 cm³/mol. The lowest BCUT2D eigenvalue weighted by Gasteiger charge is -2.16. The second kappa shape index (κ2) is 7.27. The smallest absolute Gasteiger partial charge is 0.261 e. The first-order valence-electron chi connectivity index (χ1n) is 8.51. The van der Waals surface area contributed by atoms with Crippen molar-refractivity contribution in [2.75, 3.05) is 17.8 Å². The molecule has 6 heteroatoms. The average Bonchev–Trinajstić information content (AvgIpc) is 3.15. The van der Waals surface area contributed by atoms with Gasteiger partial charge in [0.05, 0.1) is 4.90 Å².